The van der Waals surface area contributed by atoms with Gasteiger partial charge in [0.1, 0.15) is 0 Å². The molecule has 0 aliphatic carbocycles. The van der Waals surface area contributed by atoms with Gasteiger partial charge in [-0.1, -0.05) is 37.3 Å². The first-order valence-corrected chi connectivity index (χ1v) is 5.88. The molecule has 0 amide bonds. The minimum absolute atomic E-state index is 0.259. The van der Waals surface area contributed by atoms with E-state index in [-0.39, 0.29) is 6.04 Å². The number of piperidine rings is 1. The molecule has 3 N–H and O–H groups in total. The Balaban J connectivity index is 2.13. The second-order valence-corrected chi connectivity index (χ2v) is 4.40. The molecule has 1 saturated heterocycles. The van der Waals surface area contributed by atoms with Crippen molar-refractivity contribution in [1.82, 2.24) is 5.32 Å². The first kappa shape index (κ1) is 10.7. The molecule has 82 valence electrons. The highest BCUT2D eigenvalue weighted by Gasteiger charge is 2.27. The van der Waals surface area contributed by atoms with Crippen LogP contribution in [0.4, 0.5) is 0 Å². The summed E-state index contributed by atoms with van der Waals surface area (Å²) in [7, 11) is 0. The molecule has 2 rings (SSSR count). The Labute approximate surface area is 91.9 Å². The zero-order chi connectivity index (χ0) is 10.7. The maximum Gasteiger partial charge on any atom is 0.0475 e. The fraction of sp³-hybridized carbons (Fsp3) is 0.538. The van der Waals surface area contributed by atoms with Crippen molar-refractivity contribution in [2.75, 3.05) is 0 Å². The van der Waals surface area contributed by atoms with Crippen LogP contribution in [0.25, 0.3) is 0 Å². The molecule has 0 spiro atoms. The van der Waals surface area contributed by atoms with Crippen LogP contribution in [0.3, 0.4) is 0 Å². The average molecular weight is 204 g/mol. The minimum atomic E-state index is 0.259. The molecule has 0 saturated carbocycles. The highest BCUT2D eigenvalue weighted by atomic mass is 15.0. The lowest BCUT2D eigenvalue weighted by Crippen LogP contribution is -2.47. The lowest BCUT2D eigenvalue weighted by atomic mass is 9.89. The molecule has 1 aliphatic heterocycles. The lowest BCUT2D eigenvalue weighted by molar-refractivity contribution is 0.283. The third-order valence-corrected chi connectivity index (χ3v) is 3.34. The highest BCUT2D eigenvalue weighted by molar-refractivity contribution is 5.21. The van der Waals surface area contributed by atoms with E-state index in [0.29, 0.717) is 12.1 Å². The molecule has 2 nitrogen and oxygen atoms in total. The summed E-state index contributed by atoms with van der Waals surface area (Å²) < 4.78 is 0. The van der Waals surface area contributed by atoms with Crippen LogP contribution in [0.2, 0.25) is 0 Å². The van der Waals surface area contributed by atoms with Crippen molar-refractivity contribution in [3.05, 3.63) is 35.9 Å². The van der Waals surface area contributed by atoms with Crippen molar-refractivity contribution in [2.45, 2.75) is 44.3 Å². The van der Waals surface area contributed by atoms with E-state index in [2.05, 4.69) is 42.6 Å². The fourth-order valence-electron chi connectivity index (χ4n) is 2.35. The fourth-order valence-corrected chi connectivity index (χ4v) is 2.35. The van der Waals surface area contributed by atoms with Gasteiger partial charge in [-0.2, -0.15) is 0 Å². The molecule has 1 fully saturated rings. The number of nitrogens with two attached hydrogens (primary N) is 1. The topological polar surface area (TPSA) is 38.0 Å². The van der Waals surface area contributed by atoms with Crippen molar-refractivity contribution in [3.8, 4) is 0 Å². The van der Waals surface area contributed by atoms with E-state index in [1.54, 1.807) is 0 Å². The Morgan fingerprint density at radius 2 is 2.00 bits per heavy atom. The molecule has 15 heavy (non-hydrogen) atoms. The summed E-state index contributed by atoms with van der Waals surface area (Å²) in [5.41, 5.74) is 7.49. The Morgan fingerprint density at radius 1 is 1.27 bits per heavy atom. The van der Waals surface area contributed by atoms with E-state index in [0.717, 1.165) is 6.42 Å². The predicted octanol–water partition coefficient (Wildman–Crippen LogP) is 2.22. The van der Waals surface area contributed by atoms with Crippen molar-refractivity contribution >= 4 is 0 Å². The Morgan fingerprint density at radius 3 is 2.67 bits per heavy atom. The summed E-state index contributed by atoms with van der Waals surface area (Å²) in [4.78, 5) is 0. The maximum atomic E-state index is 6.17. The molecule has 0 unspecified atom stereocenters. The van der Waals surface area contributed by atoms with Crippen LogP contribution in [0.5, 0.6) is 0 Å². The second kappa shape index (κ2) is 4.77. The predicted molar refractivity (Wildman–Crippen MR) is 63.6 cm³/mol. The molecule has 0 aromatic heterocycles. The third kappa shape index (κ3) is 2.39. The molecule has 1 aromatic rings. The largest absolute Gasteiger partial charge is 0.326 e. The van der Waals surface area contributed by atoms with Gasteiger partial charge in [0.15, 0.2) is 0 Å². The Hall–Kier alpha value is -0.860. The highest BCUT2D eigenvalue weighted by Crippen LogP contribution is 2.25. The number of rotatable bonds is 2. The summed E-state index contributed by atoms with van der Waals surface area (Å²) in [5.74, 6) is 0. The molecule has 1 heterocycles. The van der Waals surface area contributed by atoms with Gasteiger partial charge < -0.3 is 11.1 Å². The quantitative estimate of drug-likeness (QED) is 0.775. The Bertz CT molecular complexity index is 297. The van der Waals surface area contributed by atoms with Crippen LogP contribution in [-0.4, -0.2) is 12.1 Å². The van der Waals surface area contributed by atoms with E-state index in [9.17, 15) is 0 Å². The van der Waals surface area contributed by atoms with Crippen molar-refractivity contribution in [2.24, 2.45) is 5.73 Å². The molecule has 1 aliphatic rings. The number of hydrogen-bond acceptors (Lipinski definition) is 2. The SMILES string of the molecule is CC[C@H]1CC[C@H](N)[C@@H](c2ccccc2)N1. The van der Waals surface area contributed by atoms with Crippen LogP contribution in [0.15, 0.2) is 30.3 Å². The monoisotopic (exact) mass is 204 g/mol. The number of nitrogens with one attached hydrogen (secondary N) is 1. The summed E-state index contributed by atoms with van der Waals surface area (Å²) in [6.45, 7) is 2.23. The van der Waals surface area contributed by atoms with Gasteiger partial charge in [-0.25, -0.2) is 0 Å². The van der Waals surface area contributed by atoms with E-state index < -0.39 is 0 Å². The van der Waals surface area contributed by atoms with Gasteiger partial charge >= 0.3 is 0 Å². The molecule has 0 bridgehead atoms. The van der Waals surface area contributed by atoms with Gasteiger partial charge in [0, 0.05) is 18.1 Å². The van der Waals surface area contributed by atoms with Crippen LogP contribution in [0.1, 0.15) is 37.8 Å². The van der Waals surface area contributed by atoms with Gasteiger partial charge in [-0.05, 0) is 24.8 Å². The van der Waals surface area contributed by atoms with Gasteiger partial charge in [-0.15, -0.1) is 0 Å². The number of benzene rings is 1. The average Bonchev–Trinajstić information content (AvgIpc) is 2.31. The second-order valence-electron chi connectivity index (χ2n) is 4.40. The van der Waals surface area contributed by atoms with E-state index in [1.165, 1.54) is 18.4 Å². The van der Waals surface area contributed by atoms with Crippen LogP contribution < -0.4 is 11.1 Å². The van der Waals surface area contributed by atoms with Crippen molar-refractivity contribution in [3.63, 3.8) is 0 Å². The maximum absolute atomic E-state index is 6.17. The smallest absolute Gasteiger partial charge is 0.0475 e. The van der Waals surface area contributed by atoms with Gasteiger partial charge in [0.2, 0.25) is 0 Å². The van der Waals surface area contributed by atoms with Crippen LogP contribution >= 0.6 is 0 Å². The molecule has 2 heteroatoms. The summed E-state index contributed by atoms with van der Waals surface area (Å²) in [5, 5.41) is 3.64. The lowest BCUT2D eigenvalue weighted by Gasteiger charge is -2.35. The zero-order valence-corrected chi connectivity index (χ0v) is 9.32. The van der Waals surface area contributed by atoms with Crippen LogP contribution in [0, 0.1) is 0 Å². The summed E-state index contributed by atoms with van der Waals surface area (Å²) in [6, 6.07) is 11.8. The normalized spacial score (nSPS) is 31.5. The first-order valence-electron chi connectivity index (χ1n) is 5.88. The van der Waals surface area contributed by atoms with Gasteiger partial charge in [0.25, 0.3) is 0 Å². The molecular formula is C13H20N2. The third-order valence-electron chi connectivity index (χ3n) is 3.34. The van der Waals surface area contributed by atoms with Gasteiger partial charge in [0.05, 0.1) is 0 Å². The van der Waals surface area contributed by atoms with Crippen molar-refractivity contribution < 1.29 is 0 Å². The molecule has 1 aromatic carbocycles. The molecule has 0 radical (unpaired) electrons. The van der Waals surface area contributed by atoms with Crippen molar-refractivity contribution in [1.29, 1.82) is 0 Å². The summed E-state index contributed by atoms with van der Waals surface area (Å²) >= 11 is 0. The van der Waals surface area contributed by atoms with E-state index in [4.69, 9.17) is 5.73 Å². The van der Waals surface area contributed by atoms with E-state index in [1.807, 2.05) is 0 Å². The molecule has 3 atom stereocenters. The Kier molecular flexibility index (Phi) is 3.39. The first-order chi connectivity index (χ1) is 7.31. The van der Waals surface area contributed by atoms with Crippen LogP contribution in [-0.2, 0) is 0 Å². The van der Waals surface area contributed by atoms with E-state index >= 15 is 0 Å². The minimum Gasteiger partial charge on any atom is -0.326 e. The molecular weight excluding hydrogens is 184 g/mol. The standard InChI is InChI=1S/C13H20N2/c1-2-11-8-9-12(14)13(15-11)10-6-4-3-5-7-10/h3-7,11-13,15H,2,8-9,14H2,1H3/t11-,12-,13+/m0/s1. The zero-order valence-electron chi connectivity index (χ0n) is 9.32. The number of hydrogen-bond donors (Lipinski definition) is 2. The summed E-state index contributed by atoms with van der Waals surface area (Å²) in [6.07, 6.45) is 3.53. The van der Waals surface area contributed by atoms with Gasteiger partial charge in [-0.3, -0.25) is 0 Å².